The van der Waals surface area contributed by atoms with E-state index in [9.17, 15) is 14.4 Å². The van der Waals surface area contributed by atoms with Gasteiger partial charge in [-0.2, -0.15) is 0 Å². The standard InChI is InChI=1S/C11H10BrClN2O5/c12-6-2-1-5(3-7(6)13)14-11(20)15-8(10(18)19)4-9(16)17/h1-3,8H,4H2,(H,16,17)(H,18,19)(H2,14,15,20). The number of amides is 2. The summed E-state index contributed by atoms with van der Waals surface area (Å²) in [4.78, 5) is 32.8. The first kappa shape index (κ1) is 16.3. The van der Waals surface area contributed by atoms with Crippen LogP contribution in [0.15, 0.2) is 22.7 Å². The van der Waals surface area contributed by atoms with Crippen LogP contribution in [0.4, 0.5) is 10.5 Å². The van der Waals surface area contributed by atoms with Crippen LogP contribution in [0.25, 0.3) is 0 Å². The number of aliphatic carboxylic acids is 2. The molecule has 9 heteroatoms. The van der Waals surface area contributed by atoms with Crippen LogP contribution in [0.5, 0.6) is 0 Å². The third kappa shape index (κ3) is 5.06. The van der Waals surface area contributed by atoms with Crippen molar-refractivity contribution < 1.29 is 24.6 Å². The van der Waals surface area contributed by atoms with Crippen molar-refractivity contribution in [3.63, 3.8) is 0 Å². The molecule has 0 heterocycles. The van der Waals surface area contributed by atoms with Crippen molar-refractivity contribution >= 4 is 51.2 Å². The molecule has 1 rings (SSSR count). The van der Waals surface area contributed by atoms with Crippen LogP contribution >= 0.6 is 27.5 Å². The van der Waals surface area contributed by atoms with E-state index in [2.05, 4.69) is 21.2 Å². The number of nitrogens with one attached hydrogen (secondary N) is 2. The summed E-state index contributed by atoms with van der Waals surface area (Å²) >= 11 is 9.01. The number of carbonyl (C=O) groups is 3. The van der Waals surface area contributed by atoms with E-state index in [1.165, 1.54) is 6.07 Å². The molecule has 0 bridgehead atoms. The Labute approximate surface area is 127 Å². The van der Waals surface area contributed by atoms with E-state index in [4.69, 9.17) is 21.8 Å². The molecule has 0 radical (unpaired) electrons. The van der Waals surface area contributed by atoms with Gasteiger partial charge in [0.05, 0.1) is 11.4 Å². The fourth-order valence-corrected chi connectivity index (χ4v) is 1.70. The first-order valence-electron chi connectivity index (χ1n) is 5.26. The second kappa shape index (κ2) is 7.11. The van der Waals surface area contributed by atoms with Gasteiger partial charge in [0.2, 0.25) is 0 Å². The number of carboxylic acids is 2. The summed E-state index contributed by atoms with van der Waals surface area (Å²) in [6.45, 7) is 0. The Bertz CT molecular complexity index is 552. The summed E-state index contributed by atoms with van der Waals surface area (Å²) in [5.41, 5.74) is 0.343. The highest BCUT2D eigenvalue weighted by atomic mass is 79.9. The average Bonchev–Trinajstić information content (AvgIpc) is 2.32. The molecule has 0 fully saturated rings. The molecular formula is C11H10BrClN2O5. The largest absolute Gasteiger partial charge is 0.481 e. The first-order valence-corrected chi connectivity index (χ1v) is 6.44. The Morgan fingerprint density at radius 3 is 2.45 bits per heavy atom. The van der Waals surface area contributed by atoms with Crippen molar-refractivity contribution in [3.8, 4) is 0 Å². The summed E-state index contributed by atoms with van der Waals surface area (Å²) in [5, 5.41) is 22.1. The molecule has 20 heavy (non-hydrogen) atoms. The molecule has 4 N–H and O–H groups in total. The van der Waals surface area contributed by atoms with Gasteiger partial charge in [-0.15, -0.1) is 0 Å². The fraction of sp³-hybridized carbons (Fsp3) is 0.182. The number of benzene rings is 1. The fourth-order valence-electron chi connectivity index (χ4n) is 1.27. The van der Waals surface area contributed by atoms with Crippen LogP contribution in [0.3, 0.4) is 0 Å². The molecule has 0 saturated heterocycles. The maximum Gasteiger partial charge on any atom is 0.326 e. The van der Waals surface area contributed by atoms with Gasteiger partial charge in [-0.25, -0.2) is 9.59 Å². The summed E-state index contributed by atoms with van der Waals surface area (Å²) in [6, 6.07) is 2.25. The van der Waals surface area contributed by atoms with E-state index in [-0.39, 0.29) is 0 Å². The molecule has 1 unspecified atom stereocenters. The lowest BCUT2D eigenvalue weighted by molar-refractivity contribution is -0.145. The third-order valence-corrected chi connectivity index (χ3v) is 3.39. The van der Waals surface area contributed by atoms with E-state index in [0.29, 0.717) is 15.2 Å². The Morgan fingerprint density at radius 2 is 1.95 bits per heavy atom. The van der Waals surface area contributed by atoms with Crippen molar-refractivity contribution in [1.82, 2.24) is 5.32 Å². The second-order valence-corrected chi connectivity index (χ2v) is 4.98. The summed E-state index contributed by atoms with van der Waals surface area (Å²) < 4.78 is 0.638. The summed E-state index contributed by atoms with van der Waals surface area (Å²) in [5.74, 6) is -2.76. The van der Waals surface area contributed by atoms with Gasteiger partial charge in [-0.05, 0) is 34.1 Å². The Kier molecular flexibility index (Phi) is 5.78. The van der Waals surface area contributed by atoms with Gasteiger partial charge in [-0.1, -0.05) is 11.6 Å². The molecule has 0 aromatic heterocycles. The van der Waals surface area contributed by atoms with Gasteiger partial charge >= 0.3 is 18.0 Å². The van der Waals surface area contributed by atoms with Crippen LogP contribution in [0.1, 0.15) is 6.42 Å². The Morgan fingerprint density at radius 1 is 1.30 bits per heavy atom. The van der Waals surface area contributed by atoms with E-state index in [0.717, 1.165) is 0 Å². The normalized spacial score (nSPS) is 11.5. The zero-order chi connectivity index (χ0) is 15.3. The minimum Gasteiger partial charge on any atom is -0.481 e. The molecule has 0 aliphatic heterocycles. The minimum absolute atomic E-state index is 0.343. The molecule has 1 atom stereocenters. The predicted octanol–water partition coefficient (Wildman–Crippen LogP) is 2.15. The summed E-state index contributed by atoms with van der Waals surface area (Å²) in [6.07, 6.45) is -0.718. The monoisotopic (exact) mass is 364 g/mol. The van der Waals surface area contributed by atoms with Crippen molar-refractivity contribution in [2.75, 3.05) is 5.32 Å². The Hall–Kier alpha value is -1.80. The zero-order valence-electron chi connectivity index (χ0n) is 9.89. The number of hydrogen-bond donors (Lipinski definition) is 4. The van der Waals surface area contributed by atoms with Crippen molar-refractivity contribution in [3.05, 3.63) is 27.7 Å². The molecule has 108 valence electrons. The topological polar surface area (TPSA) is 116 Å². The molecular weight excluding hydrogens is 355 g/mol. The number of anilines is 1. The van der Waals surface area contributed by atoms with Crippen LogP contribution < -0.4 is 10.6 Å². The minimum atomic E-state index is -1.52. The SMILES string of the molecule is O=C(O)CC(NC(=O)Nc1ccc(Br)c(Cl)c1)C(=O)O. The van der Waals surface area contributed by atoms with Crippen LogP contribution in [-0.4, -0.2) is 34.2 Å². The number of rotatable bonds is 5. The highest BCUT2D eigenvalue weighted by Gasteiger charge is 2.23. The molecule has 1 aromatic rings. The van der Waals surface area contributed by atoms with Crippen LogP contribution in [-0.2, 0) is 9.59 Å². The average molecular weight is 366 g/mol. The second-order valence-electron chi connectivity index (χ2n) is 3.72. The van der Waals surface area contributed by atoms with Gasteiger partial charge in [0.1, 0.15) is 6.04 Å². The lowest BCUT2D eigenvalue weighted by Gasteiger charge is -2.13. The third-order valence-electron chi connectivity index (χ3n) is 2.16. The quantitative estimate of drug-likeness (QED) is 0.638. The zero-order valence-corrected chi connectivity index (χ0v) is 12.2. The van der Waals surface area contributed by atoms with E-state index < -0.39 is 30.4 Å². The molecule has 0 saturated carbocycles. The number of urea groups is 1. The molecule has 0 aliphatic carbocycles. The van der Waals surface area contributed by atoms with E-state index >= 15 is 0 Å². The molecule has 0 spiro atoms. The summed E-state index contributed by atoms with van der Waals surface area (Å²) in [7, 11) is 0. The van der Waals surface area contributed by atoms with Crippen molar-refractivity contribution in [2.24, 2.45) is 0 Å². The maximum atomic E-state index is 11.6. The first-order chi connectivity index (χ1) is 9.29. The predicted molar refractivity (Wildman–Crippen MR) is 75.0 cm³/mol. The maximum absolute atomic E-state index is 11.6. The van der Waals surface area contributed by atoms with Gasteiger partial charge in [0.25, 0.3) is 0 Å². The van der Waals surface area contributed by atoms with Crippen molar-refractivity contribution in [2.45, 2.75) is 12.5 Å². The van der Waals surface area contributed by atoms with Gasteiger partial charge < -0.3 is 20.8 Å². The van der Waals surface area contributed by atoms with E-state index in [1.807, 2.05) is 5.32 Å². The van der Waals surface area contributed by atoms with Crippen molar-refractivity contribution in [1.29, 1.82) is 0 Å². The van der Waals surface area contributed by atoms with Crippen LogP contribution in [0.2, 0.25) is 5.02 Å². The Balaban J connectivity index is 2.67. The van der Waals surface area contributed by atoms with Gasteiger partial charge in [0, 0.05) is 10.2 Å². The lowest BCUT2D eigenvalue weighted by Crippen LogP contribution is -2.44. The number of carboxylic acid groups (broad SMARTS) is 2. The number of hydrogen-bond acceptors (Lipinski definition) is 3. The molecule has 0 aliphatic rings. The van der Waals surface area contributed by atoms with Gasteiger partial charge in [0.15, 0.2) is 0 Å². The smallest absolute Gasteiger partial charge is 0.326 e. The van der Waals surface area contributed by atoms with E-state index in [1.54, 1.807) is 12.1 Å². The van der Waals surface area contributed by atoms with Gasteiger partial charge in [-0.3, -0.25) is 4.79 Å². The highest BCUT2D eigenvalue weighted by Crippen LogP contribution is 2.25. The number of carbonyl (C=O) groups excluding carboxylic acids is 1. The molecule has 1 aromatic carbocycles. The number of halogens is 2. The molecule has 2 amide bonds. The lowest BCUT2D eigenvalue weighted by atomic mass is 10.2. The molecule has 7 nitrogen and oxygen atoms in total. The van der Waals surface area contributed by atoms with Crippen LogP contribution in [0, 0.1) is 0 Å². The highest BCUT2D eigenvalue weighted by molar-refractivity contribution is 9.10.